The van der Waals surface area contributed by atoms with Gasteiger partial charge in [0.25, 0.3) is 0 Å². The van der Waals surface area contributed by atoms with Gasteiger partial charge in [0.2, 0.25) is 0 Å². The van der Waals surface area contributed by atoms with Crippen LogP contribution in [0.4, 0.5) is 0 Å². The topological polar surface area (TPSA) is 96.0 Å². The lowest BCUT2D eigenvalue weighted by Gasteiger charge is -2.15. The van der Waals surface area contributed by atoms with E-state index in [9.17, 15) is 0 Å². The lowest BCUT2D eigenvalue weighted by molar-refractivity contribution is 1.07. The van der Waals surface area contributed by atoms with E-state index in [1.54, 1.807) is 0 Å². The van der Waals surface area contributed by atoms with E-state index >= 15 is 0 Å². The standard InChI is InChI=1S/C49H29N5.C45H27N5/c1-3-14-30(15-4-1)47-50-48(31-16-5-2-6-17-31)52-49(51-47)38-27-28-41(33-19-8-7-18-32(33)38)53-42-25-13-22-36-34-20-9-11-23-39(34)54-40-24-12-10-21-35(40)37-26-29-43(53)45(44(36)42)46(37)54;1-3-13-28(14-4-1)43-46-44(29-15-5-2-6-16-29)48-45(47-43)30-17-11-18-31(27-30)49-38-24-12-21-34-32-19-7-9-22-36(32)50-37-23-10-8-20-33(37)35-25-26-39(49)41(40(34)38)42(35)50/h1-29H;1-27H. The van der Waals surface area contributed by atoms with Gasteiger partial charge in [-0.3, -0.25) is 0 Å². The molecule has 0 saturated carbocycles. The first-order valence-electron chi connectivity index (χ1n) is 35.2. The molecular weight excluding hydrogens is 1270 g/mol. The van der Waals surface area contributed by atoms with Crippen molar-refractivity contribution in [2.24, 2.45) is 0 Å². The van der Waals surface area contributed by atoms with E-state index in [1.807, 2.05) is 97.1 Å². The van der Waals surface area contributed by atoms with Crippen LogP contribution in [-0.4, -0.2) is 47.8 Å². The first-order chi connectivity index (χ1) is 51.6. The maximum absolute atomic E-state index is 5.12. The fourth-order valence-electron chi connectivity index (χ4n) is 16.8. The number of rotatable bonds is 8. The molecule has 0 amide bonds. The molecule has 482 valence electrons. The maximum atomic E-state index is 5.12. The van der Waals surface area contributed by atoms with E-state index in [0.29, 0.717) is 34.9 Å². The van der Waals surface area contributed by atoms with E-state index in [2.05, 4.69) is 261 Å². The van der Waals surface area contributed by atoms with Crippen molar-refractivity contribution < 1.29 is 0 Å². The second-order valence-corrected chi connectivity index (χ2v) is 26.8. The highest BCUT2D eigenvalue weighted by molar-refractivity contribution is 6.35. The highest BCUT2D eigenvalue weighted by Crippen LogP contribution is 2.49. The number of fused-ring (bicyclic) bond motifs is 13. The summed E-state index contributed by atoms with van der Waals surface area (Å²) in [5.41, 5.74) is 19.9. The number of nitrogens with zero attached hydrogens (tertiary/aromatic N) is 10. The minimum atomic E-state index is 0.638. The molecular formula is C94H56N10. The van der Waals surface area contributed by atoms with Gasteiger partial charge in [0, 0.05) is 98.3 Å². The Morgan fingerprint density at radius 3 is 0.952 bits per heavy atom. The van der Waals surface area contributed by atoms with Crippen LogP contribution in [-0.2, 0) is 0 Å². The summed E-state index contributed by atoms with van der Waals surface area (Å²) >= 11 is 0. The van der Waals surface area contributed by atoms with Crippen molar-refractivity contribution in [1.82, 2.24) is 47.8 Å². The van der Waals surface area contributed by atoms with Gasteiger partial charge >= 0.3 is 0 Å². The van der Waals surface area contributed by atoms with E-state index in [-0.39, 0.29) is 0 Å². The quantitative estimate of drug-likeness (QED) is 0.150. The van der Waals surface area contributed by atoms with Crippen LogP contribution < -0.4 is 0 Å². The zero-order valence-corrected chi connectivity index (χ0v) is 55.8. The molecule has 0 spiro atoms. The van der Waals surface area contributed by atoms with E-state index in [1.165, 1.54) is 120 Å². The summed E-state index contributed by atoms with van der Waals surface area (Å²) in [5.74, 6) is 3.88. The molecule has 0 radical (unpaired) electrons. The van der Waals surface area contributed by atoms with Gasteiger partial charge in [0.1, 0.15) is 0 Å². The van der Waals surface area contributed by atoms with Gasteiger partial charge in [0.05, 0.1) is 60.9 Å². The largest absolute Gasteiger partial charge is 0.309 e. The SMILES string of the molecule is c1ccc(-c2nc(-c3ccccc3)nc(-c3ccc(-n4c5cccc6c7ccccc7n7c8ccccc8c8ccc4c(c65)c87)c4ccccc34)n2)cc1.c1ccc(-c2nc(-c3ccccc3)nc(-c3cccc(-n4c5cccc6c7ccccc7n7c8ccccc8c8ccc4c(c65)c87)c3)n2)cc1. The van der Waals surface area contributed by atoms with Crippen molar-refractivity contribution in [2.45, 2.75) is 0 Å². The number of hydrogen-bond acceptors (Lipinski definition) is 6. The van der Waals surface area contributed by atoms with Gasteiger partial charge in [-0.05, 0) is 89.0 Å². The Labute approximate surface area is 594 Å². The van der Waals surface area contributed by atoms with Crippen LogP contribution in [0, 0.1) is 0 Å². The molecule has 23 aromatic rings. The predicted molar refractivity (Wildman–Crippen MR) is 428 cm³/mol. The van der Waals surface area contributed by atoms with E-state index < -0.39 is 0 Å². The Kier molecular flexibility index (Phi) is 12.6. The monoisotopic (exact) mass is 1320 g/mol. The van der Waals surface area contributed by atoms with Crippen LogP contribution in [0.25, 0.3) is 210 Å². The lowest BCUT2D eigenvalue weighted by Crippen LogP contribution is -2.01. The fraction of sp³-hybridized carbons (Fsp3) is 0. The molecule has 0 unspecified atom stereocenters. The first-order valence-corrected chi connectivity index (χ1v) is 35.2. The number of benzene rings is 15. The maximum Gasteiger partial charge on any atom is 0.164 e. The number of aromatic nitrogens is 10. The van der Waals surface area contributed by atoms with Crippen LogP contribution >= 0.6 is 0 Å². The molecule has 104 heavy (non-hydrogen) atoms. The van der Waals surface area contributed by atoms with Crippen molar-refractivity contribution in [2.75, 3.05) is 0 Å². The number of hydrogen-bond donors (Lipinski definition) is 0. The second kappa shape index (κ2) is 22.7. The minimum Gasteiger partial charge on any atom is -0.309 e. The van der Waals surface area contributed by atoms with E-state index in [0.717, 1.165) is 55.5 Å². The lowest BCUT2D eigenvalue weighted by atomic mass is 10.0. The number of para-hydroxylation sites is 4. The third-order valence-electron chi connectivity index (χ3n) is 21.2. The highest BCUT2D eigenvalue weighted by Gasteiger charge is 2.27. The minimum absolute atomic E-state index is 0.638. The molecule has 0 aliphatic heterocycles. The predicted octanol–water partition coefficient (Wildman–Crippen LogP) is 23.4. The van der Waals surface area contributed by atoms with Crippen molar-refractivity contribution in [3.05, 3.63) is 340 Å². The summed E-state index contributed by atoms with van der Waals surface area (Å²) in [4.78, 5) is 30.2. The summed E-state index contributed by atoms with van der Waals surface area (Å²) in [5, 5.41) is 17.3. The summed E-state index contributed by atoms with van der Waals surface area (Å²) in [6.07, 6.45) is 0. The van der Waals surface area contributed by atoms with Gasteiger partial charge in [-0.15, -0.1) is 0 Å². The van der Waals surface area contributed by atoms with Crippen molar-refractivity contribution >= 4 is 131 Å². The van der Waals surface area contributed by atoms with Crippen LogP contribution in [0.5, 0.6) is 0 Å². The highest BCUT2D eigenvalue weighted by atomic mass is 15.1. The molecule has 0 bridgehead atoms. The third-order valence-corrected chi connectivity index (χ3v) is 21.2. The zero-order valence-electron chi connectivity index (χ0n) is 55.8. The Morgan fingerprint density at radius 2 is 0.500 bits per heavy atom. The second-order valence-electron chi connectivity index (χ2n) is 26.8. The molecule has 10 nitrogen and oxygen atoms in total. The zero-order chi connectivity index (χ0) is 68.1. The van der Waals surface area contributed by atoms with Gasteiger partial charge < -0.3 is 17.9 Å². The van der Waals surface area contributed by atoms with Gasteiger partial charge in [-0.2, -0.15) is 0 Å². The van der Waals surface area contributed by atoms with E-state index in [4.69, 9.17) is 29.9 Å². The van der Waals surface area contributed by atoms with Crippen LogP contribution in [0.2, 0.25) is 0 Å². The Bertz CT molecular complexity index is 7280. The van der Waals surface area contributed by atoms with Crippen molar-refractivity contribution in [3.8, 4) is 79.7 Å². The molecule has 0 aliphatic rings. The molecule has 23 rings (SSSR count). The van der Waals surface area contributed by atoms with Gasteiger partial charge in [-0.25, -0.2) is 29.9 Å². The molecule has 0 saturated heterocycles. The molecule has 0 N–H and O–H groups in total. The van der Waals surface area contributed by atoms with Gasteiger partial charge in [0.15, 0.2) is 34.9 Å². The molecule has 10 heteroatoms. The fourth-order valence-corrected chi connectivity index (χ4v) is 16.8. The molecule has 0 fully saturated rings. The van der Waals surface area contributed by atoms with Crippen LogP contribution in [0.1, 0.15) is 0 Å². The Hall–Kier alpha value is -14.2. The van der Waals surface area contributed by atoms with Crippen molar-refractivity contribution in [3.63, 3.8) is 0 Å². The molecule has 0 atom stereocenters. The molecule has 8 heterocycles. The van der Waals surface area contributed by atoms with Crippen LogP contribution in [0.3, 0.4) is 0 Å². The summed E-state index contributed by atoms with van der Waals surface area (Å²) in [7, 11) is 0. The average molecular weight is 1330 g/mol. The summed E-state index contributed by atoms with van der Waals surface area (Å²) in [6, 6.07) is 120. The molecule has 8 aromatic heterocycles. The Morgan fingerprint density at radius 1 is 0.183 bits per heavy atom. The summed E-state index contributed by atoms with van der Waals surface area (Å²) in [6.45, 7) is 0. The van der Waals surface area contributed by atoms with Crippen molar-refractivity contribution in [1.29, 1.82) is 0 Å². The molecule has 15 aromatic carbocycles. The Balaban J connectivity index is 0.000000131. The first kappa shape index (κ1) is 57.7. The third kappa shape index (κ3) is 8.57. The normalized spacial score (nSPS) is 12.0. The average Bonchev–Trinajstić information content (AvgIpc) is 1.53. The summed E-state index contributed by atoms with van der Waals surface area (Å²) < 4.78 is 9.84. The van der Waals surface area contributed by atoms with Crippen LogP contribution in [0.15, 0.2) is 340 Å². The van der Waals surface area contributed by atoms with Gasteiger partial charge in [-0.1, -0.05) is 267 Å². The smallest absolute Gasteiger partial charge is 0.164 e. The molecule has 0 aliphatic carbocycles.